The molecule has 0 amide bonds. The number of hydrogen-bond donors (Lipinski definition) is 0. The number of para-hydroxylation sites is 1. The third-order valence-corrected chi connectivity index (χ3v) is 5.53. The molecule has 2 aromatic carbocycles. The van der Waals surface area contributed by atoms with Gasteiger partial charge in [0.15, 0.2) is 11.0 Å². The molecule has 0 fully saturated rings. The fourth-order valence-corrected chi connectivity index (χ4v) is 3.81. The zero-order chi connectivity index (χ0) is 20.6. The molecule has 1 heterocycles. The molecule has 152 valence electrons. The maximum Gasteiger partial charge on any atom is 0.319 e. The Morgan fingerprint density at radius 3 is 2.59 bits per heavy atom. The molecule has 7 heteroatoms. The lowest BCUT2D eigenvalue weighted by atomic mass is 10.2. The van der Waals surface area contributed by atoms with E-state index < -0.39 is 0 Å². The summed E-state index contributed by atoms with van der Waals surface area (Å²) in [5.41, 5.74) is 2.05. The van der Waals surface area contributed by atoms with Gasteiger partial charge >= 0.3 is 5.97 Å². The quantitative estimate of drug-likeness (QED) is 0.379. The molecule has 0 N–H and O–H groups in total. The van der Waals surface area contributed by atoms with Crippen LogP contribution in [0.2, 0.25) is 0 Å². The first kappa shape index (κ1) is 20.9. The number of aromatic nitrogens is 3. The smallest absolute Gasteiger partial charge is 0.319 e. The van der Waals surface area contributed by atoms with Gasteiger partial charge in [0.25, 0.3) is 0 Å². The summed E-state index contributed by atoms with van der Waals surface area (Å²) in [7, 11) is 0. The van der Waals surface area contributed by atoms with Gasteiger partial charge in [0.1, 0.15) is 17.6 Å². The van der Waals surface area contributed by atoms with E-state index >= 15 is 0 Å². The third kappa shape index (κ3) is 5.38. The fraction of sp³-hybridized carbons (Fsp3) is 0.318. The molecule has 6 nitrogen and oxygen atoms in total. The van der Waals surface area contributed by atoms with Gasteiger partial charge in [-0.2, -0.15) is 0 Å². The number of aryl methyl sites for hydroxylation is 1. The van der Waals surface area contributed by atoms with Crippen molar-refractivity contribution < 1.29 is 14.3 Å². The van der Waals surface area contributed by atoms with Crippen molar-refractivity contribution in [2.75, 3.05) is 6.61 Å². The Bertz CT molecular complexity index is 943. The van der Waals surface area contributed by atoms with E-state index in [4.69, 9.17) is 9.47 Å². The van der Waals surface area contributed by atoms with Gasteiger partial charge in [0.05, 0.1) is 6.61 Å². The molecular formula is C22H25N3O3S. The molecule has 1 atom stereocenters. The van der Waals surface area contributed by atoms with Crippen molar-refractivity contribution in [3.8, 4) is 11.4 Å². The summed E-state index contributed by atoms with van der Waals surface area (Å²) in [5, 5.41) is 8.98. The first-order chi connectivity index (χ1) is 14.1. The highest BCUT2D eigenvalue weighted by Crippen LogP contribution is 2.28. The number of benzene rings is 2. The first-order valence-electron chi connectivity index (χ1n) is 9.64. The Kier molecular flexibility index (Phi) is 7.30. The molecule has 1 aromatic heterocycles. The highest BCUT2D eigenvalue weighted by molar-refractivity contribution is 8.00. The van der Waals surface area contributed by atoms with Gasteiger partial charge in [-0.25, -0.2) is 0 Å². The van der Waals surface area contributed by atoms with Gasteiger partial charge < -0.3 is 9.47 Å². The van der Waals surface area contributed by atoms with Crippen molar-refractivity contribution in [3.05, 3.63) is 66.0 Å². The average molecular weight is 412 g/mol. The van der Waals surface area contributed by atoms with Gasteiger partial charge in [-0.3, -0.25) is 9.36 Å². The van der Waals surface area contributed by atoms with Gasteiger partial charge in [0.2, 0.25) is 0 Å². The zero-order valence-electron chi connectivity index (χ0n) is 16.9. The number of hydrogen-bond acceptors (Lipinski definition) is 6. The van der Waals surface area contributed by atoms with Crippen LogP contribution in [0.1, 0.15) is 31.7 Å². The van der Waals surface area contributed by atoms with Crippen LogP contribution in [-0.4, -0.2) is 32.6 Å². The minimum absolute atomic E-state index is 0.236. The van der Waals surface area contributed by atoms with Crippen LogP contribution in [0.15, 0.2) is 59.8 Å². The second-order valence-corrected chi connectivity index (χ2v) is 7.61. The summed E-state index contributed by atoms with van der Waals surface area (Å²) in [6, 6.07) is 17.7. The minimum Gasteiger partial charge on any atom is -0.486 e. The largest absolute Gasteiger partial charge is 0.486 e. The van der Waals surface area contributed by atoms with Crippen LogP contribution >= 0.6 is 11.8 Å². The van der Waals surface area contributed by atoms with Crippen LogP contribution in [0.4, 0.5) is 0 Å². The summed E-state index contributed by atoms with van der Waals surface area (Å²) in [5.74, 6) is 1.21. The number of carbonyl (C=O) groups excluding carboxylic acids is 1. The van der Waals surface area contributed by atoms with E-state index in [9.17, 15) is 4.79 Å². The molecular weight excluding hydrogens is 386 g/mol. The van der Waals surface area contributed by atoms with E-state index in [1.807, 2.05) is 79.9 Å². The van der Waals surface area contributed by atoms with E-state index in [0.717, 1.165) is 17.0 Å². The van der Waals surface area contributed by atoms with Crippen LogP contribution < -0.4 is 4.74 Å². The van der Waals surface area contributed by atoms with Crippen molar-refractivity contribution in [1.82, 2.24) is 14.8 Å². The standard InChI is InChI=1S/C22H25N3O3S/c1-4-19(21(26)27-5-2)29-22-24-23-20(25(22)17-11-7-6-8-12-17)15-28-18-13-9-10-16(3)14-18/h6-14,19H,4-5,15H2,1-3H3/t19-/m0/s1. The lowest BCUT2D eigenvalue weighted by Gasteiger charge is -2.15. The second kappa shape index (κ2) is 10.1. The average Bonchev–Trinajstić information content (AvgIpc) is 3.13. The van der Waals surface area contributed by atoms with E-state index in [1.54, 1.807) is 0 Å². The normalized spacial score (nSPS) is 11.8. The molecule has 0 bridgehead atoms. The number of esters is 1. The first-order valence-corrected chi connectivity index (χ1v) is 10.5. The fourth-order valence-electron chi connectivity index (χ4n) is 2.82. The highest BCUT2D eigenvalue weighted by atomic mass is 32.2. The number of rotatable bonds is 9. The van der Waals surface area contributed by atoms with Crippen molar-refractivity contribution in [2.24, 2.45) is 0 Å². The summed E-state index contributed by atoms with van der Waals surface area (Å²) >= 11 is 1.36. The van der Waals surface area contributed by atoms with Crippen LogP contribution in [0.25, 0.3) is 5.69 Å². The second-order valence-electron chi connectivity index (χ2n) is 6.44. The van der Waals surface area contributed by atoms with Crippen molar-refractivity contribution in [1.29, 1.82) is 0 Å². The number of nitrogens with zero attached hydrogens (tertiary/aromatic N) is 3. The maximum absolute atomic E-state index is 12.3. The predicted molar refractivity (Wildman–Crippen MR) is 113 cm³/mol. The predicted octanol–water partition coefficient (Wildman–Crippen LogP) is 4.59. The van der Waals surface area contributed by atoms with Gasteiger partial charge in [0, 0.05) is 5.69 Å². The molecule has 0 aliphatic rings. The summed E-state index contributed by atoms with van der Waals surface area (Å²) in [6.07, 6.45) is 0.639. The van der Waals surface area contributed by atoms with Crippen molar-refractivity contribution in [3.63, 3.8) is 0 Å². The zero-order valence-corrected chi connectivity index (χ0v) is 17.7. The third-order valence-electron chi connectivity index (χ3n) is 4.24. The maximum atomic E-state index is 12.3. The van der Waals surface area contributed by atoms with E-state index in [1.165, 1.54) is 11.8 Å². The summed E-state index contributed by atoms with van der Waals surface area (Å²) in [6.45, 7) is 6.41. The van der Waals surface area contributed by atoms with Crippen LogP contribution in [0.3, 0.4) is 0 Å². The van der Waals surface area contributed by atoms with E-state index in [0.29, 0.717) is 24.0 Å². The Morgan fingerprint density at radius 2 is 1.90 bits per heavy atom. The summed E-state index contributed by atoms with van der Waals surface area (Å²) in [4.78, 5) is 12.3. The molecule has 0 aliphatic carbocycles. The Hall–Kier alpha value is -2.80. The monoisotopic (exact) mass is 411 g/mol. The van der Waals surface area contributed by atoms with Crippen LogP contribution in [-0.2, 0) is 16.1 Å². The molecule has 0 saturated heterocycles. The lowest BCUT2D eigenvalue weighted by molar-refractivity contribution is -0.142. The van der Waals surface area contributed by atoms with Crippen LogP contribution in [0.5, 0.6) is 5.75 Å². The van der Waals surface area contributed by atoms with Crippen molar-refractivity contribution in [2.45, 2.75) is 44.2 Å². The topological polar surface area (TPSA) is 66.2 Å². The van der Waals surface area contributed by atoms with Crippen LogP contribution in [0, 0.1) is 6.92 Å². The Balaban J connectivity index is 1.88. The van der Waals surface area contributed by atoms with Gasteiger partial charge in [-0.1, -0.05) is 49.0 Å². The minimum atomic E-state index is -0.341. The van der Waals surface area contributed by atoms with Gasteiger partial charge in [-0.05, 0) is 50.1 Å². The van der Waals surface area contributed by atoms with Gasteiger partial charge in [-0.15, -0.1) is 10.2 Å². The molecule has 0 unspecified atom stereocenters. The lowest BCUT2D eigenvalue weighted by Crippen LogP contribution is -2.20. The number of thioether (sulfide) groups is 1. The van der Waals surface area contributed by atoms with E-state index in [-0.39, 0.29) is 17.8 Å². The molecule has 29 heavy (non-hydrogen) atoms. The number of ether oxygens (including phenoxy) is 2. The number of carbonyl (C=O) groups is 1. The highest BCUT2D eigenvalue weighted by Gasteiger charge is 2.24. The van der Waals surface area contributed by atoms with Crippen molar-refractivity contribution >= 4 is 17.7 Å². The molecule has 3 rings (SSSR count). The summed E-state index contributed by atoms with van der Waals surface area (Å²) < 4.78 is 13.1. The van der Waals surface area contributed by atoms with E-state index in [2.05, 4.69) is 10.2 Å². The molecule has 3 aromatic rings. The molecule has 0 saturated carbocycles. The molecule has 0 spiro atoms. The SMILES string of the molecule is CCOC(=O)[C@H](CC)Sc1nnc(COc2cccc(C)c2)n1-c1ccccc1. The molecule has 0 aliphatic heterocycles. The Labute approximate surface area is 175 Å². The molecule has 0 radical (unpaired) electrons. The Morgan fingerprint density at radius 1 is 1.10 bits per heavy atom.